The number of benzene rings is 3. The number of sulfone groups is 1. The lowest BCUT2D eigenvalue weighted by Gasteiger charge is -2.15. The van der Waals surface area contributed by atoms with E-state index in [1.165, 1.54) is 47.9 Å². The molecule has 8 nitrogen and oxygen atoms in total. The molecule has 0 atom stereocenters. The fraction of sp³-hybridized carbons (Fsp3) is 0.273. The van der Waals surface area contributed by atoms with Crippen molar-refractivity contribution in [2.75, 3.05) is 6.26 Å². The van der Waals surface area contributed by atoms with E-state index in [1.807, 2.05) is 13.8 Å². The number of aromatic nitrogens is 3. The van der Waals surface area contributed by atoms with Gasteiger partial charge < -0.3 is 18.8 Å². The fourth-order valence-corrected chi connectivity index (χ4v) is 6.17. The van der Waals surface area contributed by atoms with Crippen LogP contribution in [0.3, 0.4) is 0 Å². The lowest BCUT2D eigenvalue weighted by molar-refractivity contribution is -0.274. The summed E-state index contributed by atoms with van der Waals surface area (Å²) in [6.45, 7) is 4.22. The summed E-state index contributed by atoms with van der Waals surface area (Å²) in [7, 11) is -4.02. The van der Waals surface area contributed by atoms with Gasteiger partial charge >= 0.3 is 12.5 Å². The largest absolute Gasteiger partial charge is 0.573 e. The van der Waals surface area contributed by atoms with E-state index in [0.29, 0.717) is 6.42 Å². The number of oxazole rings is 1. The van der Waals surface area contributed by atoms with Crippen LogP contribution in [0.5, 0.6) is 5.75 Å². The normalized spacial score (nSPS) is 12.6. The molecule has 49 heavy (non-hydrogen) atoms. The maximum Gasteiger partial charge on any atom is 0.573 e. The summed E-state index contributed by atoms with van der Waals surface area (Å²) in [5.74, 6) is -1.27. The van der Waals surface area contributed by atoms with Crippen molar-refractivity contribution in [3.05, 3.63) is 89.6 Å². The lowest BCUT2D eigenvalue weighted by Crippen LogP contribution is -2.16. The minimum Gasteiger partial charge on any atom is -0.440 e. The molecule has 0 radical (unpaired) electrons. The molecule has 0 saturated carbocycles. The Hall–Kier alpha value is -4.70. The van der Waals surface area contributed by atoms with Gasteiger partial charge in [0.25, 0.3) is 0 Å². The molecule has 5 aromatic rings. The van der Waals surface area contributed by atoms with Crippen molar-refractivity contribution < 1.29 is 53.4 Å². The van der Waals surface area contributed by atoms with Gasteiger partial charge in [-0.15, -0.1) is 13.2 Å². The number of hydrogen-bond donors (Lipinski definition) is 1. The molecule has 0 spiro atoms. The maximum atomic E-state index is 15.2. The van der Waals surface area contributed by atoms with Crippen molar-refractivity contribution in [3.8, 4) is 45.1 Å². The molecule has 0 fully saturated rings. The predicted octanol–water partition coefficient (Wildman–Crippen LogP) is 8.32. The van der Waals surface area contributed by atoms with Crippen LogP contribution in [0.25, 0.3) is 39.4 Å². The lowest BCUT2D eigenvalue weighted by atomic mass is 9.97. The van der Waals surface area contributed by atoms with E-state index >= 15 is 4.39 Å². The topological polar surface area (TPSA) is 107 Å². The molecule has 0 aliphatic heterocycles. The molecule has 2 aromatic heterocycles. The smallest absolute Gasteiger partial charge is 0.440 e. The number of aryl methyl sites for hydroxylation is 1. The molecule has 0 aliphatic carbocycles. The number of nitrogens with zero attached hydrogens (tertiary/aromatic N) is 3. The number of rotatable bonds is 9. The van der Waals surface area contributed by atoms with Gasteiger partial charge in [-0.1, -0.05) is 19.9 Å². The van der Waals surface area contributed by atoms with Crippen molar-refractivity contribution in [2.45, 2.75) is 51.2 Å². The van der Waals surface area contributed by atoms with E-state index in [0.717, 1.165) is 30.7 Å². The zero-order valence-corrected chi connectivity index (χ0v) is 27.1. The minimum absolute atomic E-state index is 0.0281. The highest BCUT2D eigenvalue weighted by Gasteiger charge is 2.35. The van der Waals surface area contributed by atoms with Crippen LogP contribution in [-0.4, -0.2) is 40.7 Å². The zero-order chi connectivity index (χ0) is 36.1. The quantitative estimate of drug-likeness (QED) is 0.153. The fourth-order valence-electron chi connectivity index (χ4n) is 5.22. The molecule has 0 bridgehead atoms. The van der Waals surface area contributed by atoms with Crippen LogP contribution in [0.4, 0.5) is 30.7 Å². The second kappa shape index (κ2) is 13.0. The number of aliphatic hydroxyl groups excluding tert-OH is 1. The summed E-state index contributed by atoms with van der Waals surface area (Å²) >= 11 is 0. The van der Waals surface area contributed by atoms with Gasteiger partial charge in [-0.25, -0.2) is 22.8 Å². The second-order valence-corrected chi connectivity index (χ2v) is 13.6. The van der Waals surface area contributed by atoms with E-state index in [2.05, 4.69) is 14.7 Å². The molecule has 1 N–H and O–H groups in total. The van der Waals surface area contributed by atoms with Crippen molar-refractivity contribution in [3.63, 3.8) is 0 Å². The summed E-state index contributed by atoms with van der Waals surface area (Å²) in [5, 5.41) is 9.67. The molecular weight excluding hydrogens is 683 g/mol. The molecule has 260 valence electrons. The molecule has 5 rings (SSSR count). The van der Waals surface area contributed by atoms with Crippen LogP contribution in [-0.2, 0) is 29.0 Å². The van der Waals surface area contributed by atoms with Gasteiger partial charge in [0, 0.05) is 35.6 Å². The van der Waals surface area contributed by atoms with E-state index in [4.69, 9.17) is 4.42 Å². The molecule has 0 aliphatic rings. The van der Waals surface area contributed by atoms with E-state index in [9.17, 15) is 39.9 Å². The average molecular weight is 712 g/mol. The molecule has 3 aromatic carbocycles. The van der Waals surface area contributed by atoms with Crippen molar-refractivity contribution >= 4 is 9.84 Å². The van der Waals surface area contributed by atoms with Crippen molar-refractivity contribution in [2.24, 2.45) is 5.92 Å². The minimum atomic E-state index is -4.94. The number of imidazole rings is 1. The van der Waals surface area contributed by atoms with Crippen LogP contribution in [0.1, 0.15) is 36.8 Å². The Kier molecular flexibility index (Phi) is 9.42. The van der Waals surface area contributed by atoms with Crippen LogP contribution in [0, 0.1) is 18.7 Å². The summed E-state index contributed by atoms with van der Waals surface area (Å²) in [5.41, 5.74) is -0.746. The first-order valence-corrected chi connectivity index (χ1v) is 16.4. The zero-order valence-electron chi connectivity index (χ0n) is 26.2. The van der Waals surface area contributed by atoms with Crippen LogP contribution in [0.15, 0.2) is 70.1 Å². The number of ether oxygens (including phenoxy) is 1. The van der Waals surface area contributed by atoms with Crippen molar-refractivity contribution in [1.29, 1.82) is 0 Å². The summed E-state index contributed by atoms with van der Waals surface area (Å²) in [4.78, 5) is 7.85. The van der Waals surface area contributed by atoms with Gasteiger partial charge in [-0.3, -0.25) is 0 Å². The monoisotopic (exact) mass is 711 g/mol. The number of hydrogen-bond acceptors (Lipinski definition) is 7. The Bertz CT molecular complexity index is 2120. The van der Waals surface area contributed by atoms with E-state index < -0.39 is 56.7 Å². The third-order valence-corrected chi connectivity index (χ3v) is 8.50. The highest BCUT2D eigenvalue weighted by Crippen LogP contribution is 2.41. The molecule has 2 heterocycles. The Morgan fingerprint density at radius 2 is 1.59 bits per heavy atom. The summed E-state index contributed by atoms with van der Waals surface area (Å²) in [6, 6.07) is 11.2. The van der Waals surface area contributed by atoms with Gasteiger partial charge in [0.15, 0.2) is 27.2 Å². The highest BCUT2D eigenvalue weighted by atomic mass is 32.2. The summed E-state index contributed by atoms with van der Waals surface area (Å²) in [6.07, 6.45) is -7.78. The first kappa shape index (κ1) is 35.6. The van der Waals surface area contributed by atoms with Gasteiger partial charge in [0.2, 0.25) is 0 Å². The Morgan fingerprint density at radius 1 is 0.939 bits per heavy atom. The SMILES string of the molecule is Cc1nc(C(F)(F)F)cn1-c1ccc(-c2cc(F)c(CO)c(S(C)(=O)=O)c2)cc1-c1nc(CC(C)C)oc1-c1ccc(OC(F)(F)F)cc1. The van der Waals surface area contributed by atoms with Gasteiger partial charge in [0.1, 0.15) is 23.1 Å². The second-order valence-electron chi connectivity index (χ2n) is 11.6. The van der Waals surface area contributed by atoms with E-state index in [1.54, 1.807) is 0 Å². The van der Waals surface area contributed by atoms with Gasteiger partial charge in [0.05, 0.1) is 17.2 Å². The van der Waals surface area contributed by atoms with Gasteiger partial charge in [-0.2, -0.15) is 13.2 Å². The number of halogens is 7. The third-order valence-electron chi connectivity index (χ3n) is 7.33. The molecule has 16 heteroatoms. The van der Waals surface area contributed by atoms with Crippen LogP contribution in [0.2, 0.25) is 0 Å². The maximum absolute atomic E-state index is 15.2. The number of alkyl halides is 6. The van der Waals surface area contributed by atoms with Crippen LogP contribution >= 0.6 is 0 Å². The molecular formula is C33H28F7N3O5S. The molecule has 0 unspecified atom stereocenters. The van der Waals surface area contributed by atoms with Crippen molar-refractivity contribution in [1.82, 2.24) is 14.5 Å². The van der Waals surface area contributed by atoms with E-state index in [-0.39, 0.29) is 57.0 Å². The first-order chi connectivity index (χ1) is 22.7. The Labute approximate surface area is 275 Å². The van der Waals surface area contributed by atoms with Gasteiger partial charge in [-0.05, 0) is 72.5 Å². The Morgan fingerprint density at radius 3 is 2.14 bits per heavy atom. The molecule has 0 saturated heterocycles. The average Bonchev–Trinajstić information content (AvgIpc) is 3.58. The standard InChI is InChI=1S/C33H28F7N3O5S/c1-17(2)11-29-42-30(31(47-29)19-5-8-22(9-6-19)48-33(38,39)40)23-12-20(21-13-25(34)24(16-44)27(14-21)49(4,45)46)7-10-26(23)43-15-28(32(35,36)37)41-18(43)3/h5-10,12-15,17,44H,11,16H2,1-4H3. The predicted molar refractivity (Wildman–Crippen MR) is 164 cm³/mol. The highest BCUT2D eigenvalue weighted by molar-refractivity contribution is 7.90. The number of aliphatic hydroxyl groups is 1. The Balaban J connectivity index is 1.79. The molecule has 0 amide bonds. The summed E-state index contributed by atoms with van der Waals surface area (Å²) < 4.78 is 131. The van der Waals surface area contributed by atoms with Crippen LogP contribution < -0.4 is 4.74 Å². The third kappa shape index (κ3) is 7.80. The first-order valence-electron chi connectivity index (χ1n) is 14.5.